The first-order valence-corrected chi connectivity index (χ1v) is 8.58. The molecule has 3 heterocycles. The molecule has 1 unspecified atom stereocenters. The Bertz CT molecular complexity index is 744. The van der Waals surface area contributed by atoms with Gasteiger partial charge in [-0.2, -0.15) is 0 Å². The number of piperidine rings is 1. The molecule has 2 aromatic heterocycles. The van der Waals surface area contributed by atoms with E-state index >= 15 is 0 Å². The van der Waals surface area contributed by atoms with Gasteiger partial charge in [-0.05, 0) is 37.4 Å². The van der Waals surface area contributed by atoms with Crippen LogP contribution in [-0.2, 0) is 6.54 Å². The van der Waals surface area contributed by atoms with E-state index in [1.165, 1.54) is 0 Å². The molecule has 7 heteroatoms. The van der Waals surface area contributed by atoms with Crippen LogP contribution in [0.1, 0.15) is 29.0 Å². The standard InChI is InChI=1S/C17H23ClN4O2/c1-20(2)17(24)16-14(10-21-7-3-4-12(8-21)11-23)22-9-13(18)5-6-15(22)19-16/h5-6,9,12,23H,3-4,7-8,10-11H2,1-2H3. The Hall–Kier alpha value is -1.63. The zero-order valence-electron chi connectivity index (χ0n) is 14.1. The van der Waals surface area contributed by atoms with Gasteiger partial charge in [0.05, 0.1) is 10.7 Å². The van der Waals surface area contributed by atoms with Crippen LogP contribution >= 0.6 is 11.6 Å². The first-order valence-electron chi connectivity index (χ1n) is 8.21. The van der Waals surface area contributed by atoms with Gasteiger partial charge in [-0.1, -0.05) is 11.6 Å². The highest BCUT2D eigenvalue weighted by molar-refractivity contribution is 6.30. The molecule has 3 rings (SSSR count). The Morgan fingerprint density at radius 2 is 2.25 bits per heavy atom. The lowest BCUT2D eigenvalue weighted by Crippen LogP contribution is -2.37. The molecule has 1 aliphatic heterocycles. The van der Waals surface area contributed by atoms with Gasteiger partial charge in [-0.3, -0.25) is 9.69 Å². The number of imidazole rings is 1. The Morgan fingerprint density at radius 1 is 1.46 bits per heavy atom. The van der Waals surface area contributed by atoms with Gasteiger partial charge in [0.2, 0.25) is 0 Å². The van der Waals surface area contributed by atoms with Gasteiger partial charge in [0.1, 0.15) is 5.65 Å². The van der Waals surface area contributed by atoms with Crippen molar-refractivity contribution >= 4 is 23.2 Å². The molecule has 1 aliphatic rings. The van der Waals surface area contributed by atoms with Crippen molar-refractivity contribution in [2.75, 3.05) is 33.8 Å². The molecule has 0 radical (unpaired) electrons. The van der Waals surface area contributed by atoms with E-state index in [0.717, 1.165) is 37.3 Å². The van der Waals surface area contributed by atoms with Crippen LogP contribution in [0.3, 0.4) is 0 Å². The van der Waals surface area contributed by atoms with Gasteiger partial charge in [0.25, 0.3) is 5.91 Å². The van der Waals surface area contributed by atoms with E-state index < -0.39 is 0 Å². The van der Waals surface area contributed by atoms with Gasteiger partial charge >= 0.3 is 0 Å². The minimum atomic E-state index is -0.111. The number of likely N-dealkylation sites (tertiary alicyclic amines) is 1. The number of hydrogen-bond donors (Lipinski definition) is 1. The third-order valence-corrected chi connectivity index (χ3v) is 4.75. The van der Waals surface area contributed by atoms with Gasteiger partial charge in [0.15, 0.2) is 5.69 Å². The van der Waals surface area contributed by atoms with Gasteiger partial charge in [-0.15, -0.1) is 0 Å². The number of aromatic nitrogens is 2. The quantitative estimate of drug-likeness (QED) is 0.914. The molecule has 0 aromatic carbocycles. The first-order chi connectivity index (χ1) is 11.5. The fourth-order valence-electron chi connectivity index (χ4n) is 3.26. The molecule has 1 fully saturated rings. The van der Waals surface area contributed by atoms with E-state index in [9.17, 15) is 9.90 Å². The second-order valence-electron chi connectivity index (χ2n) is 6.61. The topological polar surface area (TPSA) is 61.1 Å². The minimum Gasteiger partial charge on any atom is -0.396 e. The molecule has 1 N–H and O–H groups in total. The summed E-state index contributed by atoms with van der Waals surface area (Å²) in [5, 5.41) is 10.0. The maximum atomic E-state index is 12.5. The van der Waals surface area contributed by atoms with E-state index in [4.69, 9.17) is 11.6 Å². The number of halogens is 1. The monoisotopic (exact) mass is 350 g/mol. The van der Waals surface area contributed by atoms with Crippen molar-refractivity contribution in [1.29, 1.82) is 0 Å². The molecule has 1 atom stereocenters. The molecule has 2 aromatic rings. The lowest BCUT2D eigenvalue weighted by Gasteiger charge is -2.31. The van der Waals surface area contributed by atoms with Gasteiger partial charge in [-0.25, -0.2) is 4.98 Å². The van der Waals surface area contributed by atoms with Crippen molar-refractivity contribution in [2.45, 2.75) is 19.4 Å². The lowest BCUT2D eigenvalue weighted by molar-refractivity contribution is 0.0816. The van der Waals surface area contributed by atoms with E-state index in [1.807, 2.05) is 10.5 Å². The molecule has 0 aliphatic carbocycles. The normalized spacial score (nSPS) is 18.9. The van der Waals surface area contributed by atoms with Crippen LogP contribution < -0.4 is 0 Å². The summed E-state index contributed by atoms with van der Waals surface area (Å²) < 4.78 is 1.90. The summed E-state index contributed by atoms with van der Waals surface area (Å²) >= 11 is 6.14. The second kappa shape index (κ2) is 7.09. The third kappa shape index (κ3) is 3.41. The lowest BCUT2D eigenvalue weighted by atomic mass is 9.99. The largest absolute Gasteiger partial charge is 0.396 e. The number of nitrogens with zero attached hydrogens (tertiary/aromatic N) is 4. The minimum absolute atomic E-state index is 0.111. The number of aliphatic hydroxyl groups excluding tert-OH is 1. The molecule has 1 amide bonds. The SMILES string of the molecule is CN(C)C(=O)c1nc2ccc(Cl)cn2c1CN1CCCC(CO)C1. The van der Waals surface area contributed by atoms with Crippen molar-refractivity contribution in [1.82, 2.24) is 19.2 Å². The molecule has 0 bridgehead atoms. The second-order valence-corrected chi connectivity index (χ2v) is 7.04. The van der Waals surface area contributed by atoms with Crippen LogP contribution in [0.4, 0.5) is 0 Å². The van der Waals surface area contributed by atoms with Gasteiger partial charge < -0.3 is 14.4 Å². The van der Waals surface area contributed by atoms with E-state index in [2.05, 4.69) is 9.88 Å². The molecule has 1 saturated heterocycles. The smallest absolute Gasteiger partial charge is 0.273 e. The van der Waals surface area contributed by atoms with E-state index in [0.29, 0.717) is 23.2 Å². The van der Waals surface area contributed by atoms with Crippen molar-refractivity contribution < 1.29 is 9.90 Å². The van der Waals surface area contributed by atoms with Crippen molar-refractivity contribution in [2.24, 2.45) is 5.92 Å². The Morgan fingerprint density at radius 3 is 2.96 bits per heavy atom. The van der Waals surface area contributed by atoms with Crippen molar-refractivity contribution in [3.05, 3.63) is 34.7 Å². The zero-order chi connectivity index (χ0) is 17.3. The summed E-state index contributed by atoms with van der Waals surface area (Å²) in [5.41, 5.74) is 2.04. The zero-order valence-corrected chi connectivity index (χ0v) is 14.8. The number of carbonyl (C=O) groups is 1. The van der Waals surface area contributed by atoms with Crippen LogP contribution in [0.2, 0.25) is 5.02 Å². The predicted molar refractivity (Wildman–Crippen MR) is 93.3 cm³/mol. The number of rotatable bonds is 4. The number of carbonyl (C=O) groups excluding carboxylic acids is 1. The van der Waals surface area contributed by atoms with Crippen molar-refractivity contribution in [3.63, 3.8) is 0 Å². The molecular formula is C17H23ClN4O2. The molecule has 130 valence electrons. The molecule has 0 spiro atoms. The number of amides is 1. The van der Waals surface area contributed by atoms with Crippen LogP contribution in [0.15, 0.2) is 18.3 Å². The highest BCUT2D eigenvalue weighted by Gasteiger charge is 2.25. The molecule has 6 nitrogen and oxygen atoms in total. The molecular weight excluding hydrogens is 328 g/mol. The van der Waals surface area contributed by atoms with Crippen molar-refractivity contribution in [3.8, 4) is 0 Å². The predicted octanol–water partition coefficient (Wildman–Crippen LogP) is 1.89. The Balaban J connectivity index is 1.98. The highest BCUT2D eigenvalue weighted by Crippen LogP contribution is 2.22. The number of aliphatic hydroxyl groups is 1. The van der Waals surface area contributed by atoms with Crippen LogP contribution in [0.5, 0.6) is 0 Å². The summed E-state index contributed by atoms with van der Waals surface area (Å²) in [6.07, 6.45) is 3.91. The summed E-state index contributed by atoms with van der Waals surface area (Å²) in [7, 11) is 3.46. The van der Waals surface area contributed by atoms with Gasteiger partial charge in [0, 0.05) is 40.0 Å². The number of hydrogen-bond acceptors (Lipinski definition) is 4. The molecule has 0 saturated carbocycles. The van der Waals surface area contributed by atoms with Crippen LogP contribution in [0.25, 0.3) is 5.65 Å². The summed E-state index contributed by atoms with van der Waals surface area (Å²) in [5.74, 6) is 0.190. The Kier molecular flexibility index (Phi) is 5.08. The summed E-state index contributed by atoms with van der Waals surface area (Å²) in [6, 6.07) is 3.60. The summed E-state index contributed by atoms with van der Waals surface area (Å²) in [4.78, 5) is 20.9. The van der Waals surface area contributed by atoms with E-state index in [-0.39, 0.29) is 12.5 Å². The summed E-state index contributed by atoms with van der Waals surface area (Å²) in [6.45, 7) is 2.62. The van der Waals surface area contributed by atoms with Crippen LogP contribution in [0, 0.1) is 5.92 Å². The maximum absolute atomic E-state index is 12.5. The highest BCUT2D eigenvalue weighted by atomic mass is 35.5. The van der Waals surface area contributed by atoms with E-state index in [1.54, 1.807) is 31.3 Å². The fraction of sp³-hybridized carbons (Fsp3) is 0.529. The fourth-order valence-corrected chi connectivity index (χ4v) is 3.42. The average Bonchev–Trinajstić information content (AvgIpc) is 2.92. The third-order valence-electron chi connectivity index (χ3n) is 4.52. The molecule has 24 heavy (non-hydrogen) atoms. The first kappa shape index (κ1) is 17.2. The maximum Gasteiger partial charge on any atom is 0.273 e. The van der Waals surface area contributed by atoms with Crippen LogP contribution in [-0.4, -0.2) is 64.0 Å². The number of pyridine rings is 1. The number of fused-ring (bicyclic) bond motifs is 1. The average molecular weight is 351 g/mol. The Labute approximate surface area is 146 Å².